The molecule has 0 bridgehead atoms. The van der Waals surface area contributed by atoms with Crippen molar-refractivity contribution in [2.75, 3.05) is 23.3 Å². The number of hydrogen-bond donors (Lipinski definition) is 2. The third-order valence-electron chi connectivity index (χ3n) is 4.58. The number of amides is 1. The van der Waals surface area contributed by atoms with Crippen molar-refractivity contribution in [3.05, 3.63) is 59.7 Å². The Morgan fingerprint density at radius 1 is 1.12 bits per heavy atom. The fourth-order valence-electron chi connectivity index (χ4n) is 3.05. The molecule has 1 amide bonds. The summed E-state index contributed by atoms with van der Waals surface area (Å²) in [5.41, 5.74) is 3.72. The number of aryl methyl sites for hydroxylation is 1. The lowest BCUT2D eigenvalue weighted by Gasteiger charge is -2.32. The van der Waals surface area contributed by atoms with Gasteiger partial charge in [0.2, 0.25) is 0 Å². The van der Waals surface area contributed by atoms with Crippen LogP contribution >= 0.6 is 0 Å². The van der Waals surface area contributed by atoms with Gasteiger partial charge in [-0.15, -0.1) is 0 Å². The van der Waals surface area contributed by atoms with Gasteiger partial charge in [-0.05, 0) is 49.1 Å². The molecule has 126 valence electrons. The number of carbonyl (C=O) groups excluding carboxylic acids is 1. The number of aliphatic hydroxyl groups excluding tert-OH is 1. The van der Waals surface area contributed by atoms with Gasteiger partial charge < -0.3 is 15.3 Å². The fourth-order valence-corrected chi connectivity index (χ4v) is 3.05. The first-order valence-corrected chi connectivity index (χ1v) is 8.59. The van der Waals surface area contributed by atoms with Crippen molar-refractivity contribution in [3.8, 4) is 0 Å². The maximum absolute atomic E-state index is 12.5. The third kappa shape index (κ3) is 3.77. The second-order valence-electron chi connectivity index (χ2n) is 6.24. The number of hydrogen-bond acceptors (Lipinski definition) is 3. The average Bonchev–Trinajstić information content (AvgIpc) is 2.63. The number of anilines is 2. The Labute approximate surface area is 143 Å². The molecule has 0 aromatic heterocycles. The van der Waals surface area contributed by atoms with Crippen molar-refractivity contribution < 1.29 is 9.90 Å². The second-order valence-corrected chi connectivity index (χ2v) is 6.24. The maximum atomic E-state index is 12.5. The van der Waals surface area contributed by atoms with Gasteiger partial charge in [-0.2, -0.15) is 0 Å². The van der Waals surface area contributed by atoms with Gasteiger partial charge in [0.25, 0.3) is 5.91 Å². The highest BCUT2D eigenvalue weighted by atomic mass is 16.3. The fraction of sp³-hybridized carbons (Fsp3) is 0.350. The first kappa shape index (κ1) is 16.5. The highest BCUT2D eigenvalue weighted by Gasteiger charge is 2.20. The SMILES string of the molecule is CCc1ccc(C(=O)Nc2ccccc2N2CCC(O)CC2)cc1. The number of piperidine rings is 1. The van der Waals surface area contributed by atoms with Crippen molar-refractivity contribution in [1.82, 2.24) is 0 Å². The molecular weight excluding hydrogens is 300 g/mol. The summed E-state index contributed by atoms with van der Waals surface area (Å²) in [6.45, 7) is 3.71. The summed E-state index contributed by atoms with van der Waals surface area (Å²) in [5.74, 6) is -0.0952. The average molecular weight is 324 g/mol. The lowest BCUT2D eigenvalue weighted by Crippen LogP contribution is -2.36. The van der Waals surface area contributed by atoms with Crippen LogP contribution in [0, 0.1) is 0 Å². The Morgan fingerprint density at radius 2 is 1.79 bits per heavy atom. The number of aliphatic hydroxyl groups is 1. The standard InChI is InChI=1S/C20H24N2O2/c1-2-15-7-9-16(10-8-15)20(24)21-18-5-3-4-6-19(18)22-13-11-17(23)12-14-22/h3-10,17,23H,2,11-14H2,1H3,(H,21,24). The predicted molar refractivity (Wildman–Crippen MR) is 97.7 cm³/mol. The van der Waals surface area contributed by atoms with E-state index in [4.69, 9.17) is 0 Å². The molecule has 1 aliphatic heterocycles. The molecular formula is C20H24N2O2. The number of benzene rings is 2. The van der Waals surface area contributed by atoms with Gasteiger partial charge in [-0.3, -0.25) is 4.79 Å². The zero-order valence-corrected chi connectivity index (χ0v) is 14.0. The summed E-state index contributed by atoms with van der Waals surface area (Å²) in [4.78, 5) is 14.8. The van der Waals surface area contributed by atoms with E-state index in [1.54, 1.807) is 0 Å². The molecule has 1 fully saturated rings. The van der Waals surface area contributed by atoms with Crippen LogP contribution in [0.5, 0.6) is 0 Å². The minimum atomic E-state index is -0.208. The van der Waals surface area contributed by atoms with E-state index in [0.29, 0.717) is 5.56 Å². The van der Waals surface area contributed by atoms with Gasteiger partial charge in [0, 0.05) is 18.7 Å². The molecule has 0 saturated carbocycles. The van der Waals surface area contributed by atoms with E-state index in [1.807, 2.05) is 48.5 Å². The molecule has 24 heavy (non-hydrogen) atoms. The van der Waals surface area contributed by atoms with E-state index < -0.39 is 0 Å². The van der Waals surface area contributed by atoms with Crippen molar-refractivity contribution in [3.63, 3.8) is 0 Å². The molecule has 0 radical (unpaired) electrons. The molecule has 1 aliphatic rings. The van der Waals surface area contributed by atoms with Crippen LogP contribution in [0.25, 0.3) is 0 Å². The minimum absolute atomic E-state index is 0.0952. The Morgan fingerprint density at radius 3 is 2.46 bits per heavy atom. The summed E-state index contributed by atoms with van der Waals surface area (Å²) < 4.78 is 0. The van der Waals surface area contributed by atoms with E-state index in [2.05, 4.69) is 17.1 Å². The van der Waals surface area contributed by atoms with Gasteiger partial charge >= 0.3 is 0 Å². The van der Waals surface area contributed by atoms with E-state index in [1.165, 1.54) is 5.56 Å². The van der Waals surface area contributed by atoms with E-state index in [-0.39, 0.29) is 12.0 Å². The van der Waals surface area contributed by atoms with E-state index in [9.17, 15) is 9.90 Å². The van der Waals surface area contributed by atoms with Gasteiger partial charge in [-0.1, -0.05) is 31.2 Å². The molecule has 0 aliphatic carbocycles. The highest BCUT2D eigenvalue weighted by molar-refractivity contribution is 6.06. The zero-order valence-electron chi connectivity index (χ0n) is 14.0. The smallest absolute Gasteiger partial charge is 0.255 e. The summed E-state index contributed by atoms with van der Waals surface area (Å²) in [5, 5.41) is 12.7. The molecule has 1 saturated heterocycles. The topological polar surface area (TPSA) is 52.6 Å². The number of para-hydroxylation sites is 2. The Balaban J connectivity index is 1.75. The summed E-state index contributed by atoms with van der Waals surface area (Å²) >= 11 is 0. The first-order chi connectivity index (χ1) is 11.7. The van der Waals surface area contributed by atoms with Crippen molar-refractivity contribution in [2.45, 2.75) is 32.3 Å². The van der Waals surface area contributed by atoms with Crippen LogP contribution in [0.2, 0.25) is 0 Å². The van der Waals surface area contributed by atoms with E-state index in [0.717, 1.165) is 43.7 Å². The Bertz CT molecular complexity index is 689. The van der Waals surface area contributed by atoms with Crippen LogP contribution in [0.3, 0.4) is 0 Å². The lowest BCUT2D eigenvalue weighted by atomic mass is 10.1. The van der Waals surface area contributed by atoms with Crippen LogP contribution in [0.1, 0.15) is 35.7 Å². The molecule has 0 unspecified atom stereocenters. The Hall–Kier alpha value is -2.33. The molecule has 2 aromatic carbocycles. The molecule has 3 rings (SSSR count). The molecule has 4 nitrogen and oxygen atoms in total. The van der Waals surface area contributed by atoms with Crippen LogP contribution < -0.4 is 10.2 Å². The molecule has 0 spiro atoms. The number of carbonyl (C=O) groups is 1. The number of rotatable bonds is 4. The van der Waals surface area contributed by atoms with Crippen LogP contribution in [-0.4, -0.2) is 30.2 Å². The quantitative estimate of drug-likeness (QED) is 0.905. The third-order valence-corrected chi connectivity index (χ3v) is 4.58. The van der Waals surface area contributed by atoms with Crippen LogP contribution in [0.15, 0.2) is 48.5 Å². The largest absolute Gasteiger partial charge is 0.393 e. The molecule has 2 aromatic rings. The number of nitrogens with one attached hydrogen (secondary N) is 1. The van der Waals surface area contributed by atoms with Gasteiger partial charge in [0.15, 0.2) is 0 Å². The van der Waals surface area contributed by atoms with Gasteiger partial charge in [-0.25, -0.2) is 0 Å². The monoisotopic (exact) mass is 324 g/mol. The maximum Gasteiger partial charge on any atom is 0.255 e. The van der Waals surface area contributed by atoms with Gasteiger partial charge in [0.05, 0.1) is 17.5 Å². The normalized spacial score (nSPS) is 15.3. The second kappa shape index (κ2) is 7.49. The molecule has 2 N–H and O–H groups in total. The van der Waals surface area contributed by atoms with Crippen molar-refractivity contribution in [2.24, 2.45) is 0 Å². The van der Waals surface area contributed by atoms with Gasteiger partial charge in [0.1, 0.15) is 0 Å². The lowest BCUT2D eigenvalue weighted by molar-refractivity contribution is 0.102. The number of nitrogens with zero attached hydrogens (tertiary/aromatic N) is 1. The minimum Gasteiger partial charge on any atom is -0.393 e. The molecule has 4 heteroatoms. The van der Waals surface area contributed by atoms with Crippen molar-refractivity contribution >= 4 is 17.3 Å². The summed E-state index contributed by atoms with van der Waals surface area (Å²) in [6, 6.07) is 15.6. The summed E-state index contributed by atoms with van der Waals surface area (Å²) in [7, 11) is 0. The summed E-state index contributed by atoms with van der Waals surface area (Å²) in [6.07, 6.45) is 2.28. The van der Waals surface area contributed by atoms with E-state index >= 15 is 0 Å². The predicted octanol–water partition coefficient (Wildman–Crippen LogP) is 3.46. The highest BCUT2D eigenvalue weighted by Crippen LogP contribution is 2.28. The Kier molecular flexibility index (Phi) is 5.16. The zero-order chi connectivity index (χ0) is 16.9. The first-order valence-electron chi connectivity index (χ1n) is 8.59. The van der Waals surface area contributed by atoms with Crippen LogP contribution in [0.4, 0.5) is 11.4 Å². The van der Waals surface area contributed by atoms with Crippen LogP contribution in [-0.2, 0) is 6.42 Å². The molecule has 0 atom stereocenters. The van der Waals surface area contributed by atoms with Crippen molar-refractivity contribution in [1.29, 1.82) is 0 Å². The molecule has 1 heterocycles.